The molecule has 0 radical (unpaired) electrons. The van der Waals surface area contributed by atoms with E-state index in [0.29, 0.717) is 12.1 Å². The van der Waals surface area contributed by atoms with E-state index in [2.05, 4.69) is 60.7 Å². The first-order valence-corrected chi connectivity index (χ1v) is 10.9. The maximum Gasteiger partial charge on any atom is 0.196 e. The molecular weight excluding hydrogens is 430 g/mol. The monoisotopic (exact) mass is 455 g/mol. The van der Waals surface area contributed by atoms with Gasteiger partial charge in [0, 0.05) is 15.0 Å². The number of anilines is 1. The van der Waals surface area contributed by atoms with E-state index in [4.69, 9.17) is 4.99 Å². The molecule has 5 heteroatoms. The van der Waals surface area contributed by atoms with Crippen LogP contribution in [0.3, 0.4) is 0 Å². The molecule has 132 valence electrons. The summed E-state index contributed by atoms with van der Waals surface area (Å²) >= 11 is 7.17. The summed E-state index contributed by atoms with van der Waals surface area (Å²) in [5, 5.41) is 7.24. The first kappa shape index (κ1) is 18.2. The third-order valence-electron chi connectivity index (χ3n) is 5.02. The number of rotatable bonds is 3. The molecule has 0 bridgehead atoms. The fourth-order valence-electron chi connectivity index (χ4n) is 3.66. The van der Waals surface area contributed by atoms with Crippen LogP contribution in [-0.2, 0) is 0 Å². The van der Waals surface area contributed by atoms with Gasteiger partial charge < -0.3 is 10.6 Å². The molecule has 2 aliphatic carbocycles. The predicted octanol–water partition coefficient (Wildman–Crippen LogP) is 6.23. The molecular formula is C19H27Br2N3. The number of halogens is 2. The van der Waals surface area contributed by atoms with Crippen molar-refractivity contribution < 1.29 is 0 Å². The summed E-state index contributed by atoms with van der Waals surface area (Å²) in [6.07, 6.45) is 13.0. The lowest BCUT2D eigenvalue weighted by molar-refractivity contribution is 0.408. The third kappa shape index (κ3) is 5.48. The molecule has 1 aromatic carbocycles. The number of benzene rings is 1. The van der Waals surface area contributed by atoms with Crippen LogP contribution in [0.4, 0.5) is 5.69 Å². The molecule has 2 saturated carbocycles. The lowest BCUT2D eigenvalue weighted by atomic mass is 9.95. The Hall–Kier alpha value is -0.550. The van der Waals surface area contributed by atoms with E-state index >= 15 is 0 Å². The molecule has 2 aliphatic rings. The normalized spacial score (nSPS) is 20.8. The quantitative estimate of drug-likeness (QED) is 0.417. The molecule has 0 saturated heterocycles. The van der Waals surface area contributed by atoms with Gasteiger partial charge in [-0.1, -0.05) is 54.5 Å². The molecule has 0 unspecified atom stereocenters. The number of guanidine groups is 1. The zero-order valence-electron chi connectivity index (χ0n) is 14.2. The van der Waals surface area contributed by atoms with Crippen molar-refractivity contribution >= 4 is 43.5 Å². The van der Waals surface area contributed by atoms with Gasteiger partial charge in [0.2, 0.25) is 0 Å². The lowest BCUT2D eigenvalue weighted by Crippen LogP contribution is -2.41. The minimum Gasteiger partial charge on any atom is -0.353 e. The highest BCUT2D eigenvalue weighted by Gasteiger charge is 2.18. The minimum atomic E-state index is 0.464. The van der Waals surface area contributed by atoms with Crippen LogP contribution in [0.5, 0.6) is 0 Å². The predicted molar refractivity (Wildman–Crippen MR) is 110 cm³/mol. The molecule has 0 spiro atoms. The Bertz CT molecular complexity index is 562. The summed E-state index contributed by atoms with van der Waals surface area (Å²) in [5.41, 5.74) is 1.07. The molecule has 0 amide bonds. The van der Waals surface area contributed by atoms with Crippen molar-refractivity contribution in [2.45, 2.75) is 76.3 Å². The SMILES string of the molecule is Brc1ccc(NC(=NC2CCCCC2)NC2CCCCC2)c(Br)c1. The molecule has 3 nitrogen and oxygen atoms in total. The van der Waals surface area contributed by atoms with E-state index in [-0.39, 0.29) is 0 Å². The van der Waals surface area contributed by atoms with E-state index < -0.39 is 0 Å². The average Bonchev–Trinajstić information content (AvgIpc) is 2.59. The highest BCUT2D eigenvalue weighted by atomic mass is 79.9. The van der Waals surface area contributed by atoms with Crippen LogP contribution in [0.25, 0.3) is 0 Å². The van der Waals surface area contributed by atoms with Crippen LogP contribution in [0.1, 0.15) is 64.2 Å². The van der Waals surface area contributed by atoms with Gasteiger partial charge in [0.25, 0.3) is 0 Å². The van der Waals surface area contributed by atoms with Crippen molar-refractivity contribution in [2.24, 2.45) is 4.99 Å². The molecule has 2 fully saturated rings. The maximum absolute atomic E-state index is 5.05. The van der Waals surface area contributed by atoms with Gasteiger partial charge in [0.15, 0.2) is 5.96 Å². The largest absolute Gasteiger partial charge is 0.353 e. The highest BCUT2D eigenvalue weighted by Crippen LogP contribution is 2.27. The molecule has 2 N–H and O–H groups in total. The van der Waals surface area contributed by atoms with Crippen molar-refractivity contribution in [3.05, 3.63) is 27.1 Å². The molecule has 0 aromatic heterocycles. The number of hydrogen-bond acceptors (Lipinski definition) is 1. The van der Waals surface area contributed by atoms with Crippen LogP contribution in [0.15, 0.2) is 32.1 Å². The number of nitrogens with zero attached hydrogens (tertiary/aromatic N) is 1. The van der Waals surface area contributed by atoms with Gasteiger partial charge in [-0.25, -0.2) is 4.99 Å². The zero-order valence-corrected chi connectivity index (χ0v) is 17.3. The maximum atomic E-state index is 5.05. The van der Waals surface area contributed by atoms with Crippen molar-refractivity contribution in [1.82, 2.24) is 5.32 Å². The number of nitrogens with one attached hydrogen (secondary N) is 2. The van der Waals surface area contributed by atoms with Crippen LogP contribution < -0.4 is 10.6 Å². The first-order valence-electron chi connectivity index (χ1n) is 9.27. The van der Waals surface area contributed by atoms with E-state index in [1.807, 2.05) is 0 Å². The van der Waals surface area contributed by atoms with Crippen LogP contribution >= 0.6 is 31.9 Å². The molecule has 3 rings (SSSR count). The summed E-state index contributed by atoms with van der Waals surface area (Å²) in [4.78, 5) is 5.05. The molecule has 0 heterocycles. The summed E-state index contributed by atoms with van der Waals surface area (Å²) in [6.45, 7) is 0. The van der Waals surface area contributed by atoms with Gasteiger partial charge in [-0.2, -0.15) is 0 Å². The zero-order chi connectivity index (χ0) is 16.8. The fraction of sp³-hybridized carbons (Fsp3) is 0.632. The number of hydrogen-bond donors (Lipinski definition) is 2. The smallest absolute Gasteiger partial charge is 0.196 e. The molecule has 0 atom stereocenters. The Morgan fingerprint density at radius 3 is 2.25 bits per heavy atom. The van der Waals surface area contributed by atoms with E-state index in [0.717, 1.165) is 20.6 Å². The van der Waals surface area contributed by atoms with Gasteiger partial charge in [-0.3, -0.25) is 0 Å². The Labute approximate surface area is 162 Å². The fourth-order valence-corrected chi connectivity index (χ4v) is 4.80. The highest BCUT2D eigenvalue weighted by molar-refractivity contribution is 9.11. The van der Waals surface area contributed by atoms with Crippen molar-refractivity contribution in [2.75, 3.05) is 5.32 Å². The topological polar surface area (TPSA) is 36.4 Å². The van der Waals surface area contributed by atoms with Gasteiger partial charge in [0.05, 0.1) is 11.7 Å². The standard InChI is InChI=1S/C19H27Br2N3/c20-14-11-12-18(17(21)13-14)24-19(22-15-7-3-1-4-8-15)23-16-9-5-2-6-10-16/h11-13,15-16H,1-10H2,(H2,22,23,24). The van der Waals surface area contributed by atoms with Crippen LogP contribution in [0, 0.1) is 0 Å². The average molecular weight is 457 g/mol. The van der Waals surface area contributed by atoms with Crippen molar-refractivity contribution in [3.8, 4) is 0 Å². The van der Waals surface area contributed by atoms with Crippen LogP contribution in [0.2, 0.25) is 0 Å². The van der Waals surface area contributed by atoms with Crippen LogP contribution in [-0.4, -0.2) is 18.0 Å². The van der Waals surface area contributed by atoms with E-state index in [1.54, 1.807) is 0 Å². The Morgan fingerprint density at radius 1 is 0.917 bits per heavy atom. The second-order valence-electron chi connectivity index (χ2n) is 7.00. The molecule has 24 heavy (non-hydrogen) atoms. The van der Waals surface area contributed by atoms with E-state index in [1.165, 1.54) is 64.2 Å². The summed E-state index contributed by atoms with van der Waals surface area (Å²) in [6, 6.07) is 7.25. The lowest BCUT2D eigenvalue weighted by Gasteiger charge is -2.27. The van der Waals surface area contributed by atoms with Gasteiger partial charge in [-0.05, 0) is 59.8 Å². The Morgan fingerprint density at radius 2 is 1.58 bits per heavy atom. The Balaban J connectivity index is 1.73. The summed E-state index contributed by atoms with van der Waals surface area (Å²) in [5.74, 6) is 0.955. The van der Waals surface area contributed by atoms with E-state index in [9.17, 15) is 0 Å². The Kier molecular flexibility index (Phi) is 7.02. The van der Waals surface area contributed by atoms with Crippen molar-refractivity contribution in [3.63, 3.8) is 0 Å². The molecule has 0 aliphatic heterocycles. The van der Waals surface area contributed by atoms with Gasteiger partial charge >= 0.3 is 0 Å². The second kappa shape index (κ2) is 9.23. The van der Waals surface area contributed by atoms with Gasteiger partial charge in [0.1, 0.15) is 0 Å². The first-order chi connectivity index (χ1) is 11.7. The van der Waals surface area contributed by atoms with Gasteiger partial charge in [-0.15, -0.1) is 0 Å². The third-order valence-corrected chi connectivity index (χ3v) is 6.17. The second-order valence-corrected chi connectivity index (χ2v) is 8.77. The van der Waals surface area contributed by atoms with Crippen molar-refractivity contribution in [1.29, 1.82) is 0 Å². The minimum absolute atomic E-state index is 0.464. The molecule has 1 aromatic rings. The number of aliphatic imine (C=N–C) groups is 1. The summed E-state index contributed by atoms with van der Waals surface area (Å²) < 4.78 is 2.13. The summed E-state index contributed by atoms with van der Waals surface area (Å²) in [7, 11) is 0.